The first-order valence-corrected chi connectivity index (χ1v) is 4.81. The lowest BCUT2D eigenvalue weighted by Crippen LogP contribution is -2.32. The molecule has 0 atom stereocenters. The van der Waals surface area contributed by atoms with Gasteiger partial charge in [-0.3, -0.25) is 9.80 Å². The minimum Gasteiger partial charge on any atom is -0.388 e. The predicted octanol–water partition coefficient (Wildman–Crippen LogP) is 0.620. The molecule has 5 heteroatoms. The average Bonchev–Trinajstić information content (AvgIpc) is 2.16. The Labute approximate surface area is 84.7 Å². The Morgan fingerprint density at radius 2 is 2.14 bits per heavy atom. The van der Waals surface area contributed by atoms with Crippen LogP contribution in [-0.2, 0) is 4.74 Å². The van der Waals surface area contributed by atoms with E-state index in [9.17, 15) is 4.39 Å². The number of hydrogen-bond donors (Lipinski definition) is 2. The van der Waals surface area contributed by atoms with Crippen molar-refractivity contribution >= 4 is 5.84 Å². The molecule has 0 radical (unpaired) electrons. The van der Waals surface area contributed by atoms with Crippen molar-refractivity contribution in [2.24, 2.45) is 5.73 Å². The topological polar surface area (TPSA) is 62.3 Å². The van der Waals surface area contributed by atoms with Crippen LogP contribution in [0.5, 0.6) is 0 Å². The fraction of sp³-hybridized carbons (Fsp3) is 0.889. The van der Waals surface area contributed by atoms with E-state index in [0.717, 1.165) is 6.54 Å². The van der Waals surface area contributed by atoms with Crippen LogP contribution in [0.2, 0.25) is 0 Å². The lowest BCUT2D eigenvalue weighted by atomic mass is 10.3. The smallest absolute Gasteiger partial charge is 0.0918 e. The number of nitrogens with two attached hydrogens (primary N) is 1. The van der Waals surface area contributed by atoms with E-state index in [4.69, 9.17) is 15.9 Å². The van der Waals surface area contributed by atoms with Crippen LogP contribution >= 0.6 is 0 Å². The summed E-state index contributed by atoms with van der Waals surface area (Å²) in [7, 11) is 1.64. The molecule has 0 aliphatic carbocycles. The van der Waals surface area contributed by atoms with E-state index < -0.39 is 0 Å². The molecule has 4 nitrogen and oxygen atoms in total. The number of halogens is 1. The number of methoxy groups -OCH3 is 1. The van der Waals surface area contributed by atoms with Gasteiger partial charge in [0.15, 0.2) is 0 Å². The van der Waals surface area contributed by atoms with E-state index in [0.29, 0.717) is 32.5 Å². The van der Waals surface area contributed by atoms with Crippen molar-refractivity contribution in [1.29, 1.82) is 5.41 Å². The molecule has 0 fully saturated rings. The van der Waals surface area contributed by atoms with E-state index in [2.05, 4.69) is 4.90 Å². The Kier molecular flexibility index (Phi) is 8.47. The SMILES string of the molecule is COCCN(CCCF)CCC(=N)N. The van der Waals surface area contributed by atoms with Crippen molar-refractivity contribution in [3.63, 3.8) is 0 Å². The van der Waals surface area contributed by atoms with E-state index in [1.165, 1.54) is 0 Å². The first-order chi connectivity index (χ1) is 6.70. The first kappa shape index (κ1) is 13.3. The van der Waals surface area contributed by atoms with E-state index in [1.54, 1.807) is 7.11 Å². The van der Waals surface area contributed by atoms with Crippen LogP contribution in [0.4, 0.5) is 4.39 Å². The first-order valence-electron chi connectivity index (χ1n) is 4.81. The maximum atomic E-state index is 11.9. The average molecular weight is 205 g/mol. The third-order valence-electron chi connectivity index (χ3n) is 1.92. The van der Waals surface area contributed by atoms with E-state index in [1.807, 2.05) is 0 Å². The van der Waals surface area contributed by atoms with Gasteiger partial charge in [-0.1, -0.05) is 0 Å². The molecule has 3 N–H and O–H groups in total. The molecule has 0 heterocycles. The zero-order valence-corrected chi connectivity index (χ0v) is 8.76. The summed E-state index contributed by atoms with van der Waals surface area (Å²) in [6, 6.07) is 0. The summed E-state index contributed by atoms with van der Waals surface area (Å²) in [6.45, 7) is 2.50. The molecule has 0 rings (SSSR count). The highest BCUT2D eigenvalue weighted by molar-refractivity contribution is 5.76. The lowest BCUT2D eigenvalue weighted by Gasteiger charge is -2.20. The monoisotopic (exact) mass is 205 g/mol. The number of nitrogens with one attached hydrogen (secondary N) is 1. The summed E-state index contributed by atoms with van der Waals surface area (Å²) >= 11 is 0. The number of ether oxygens (including phenoxy) is 1. The minimum atomic E-state index is -0.302. The third kappa shape index (κ3) is 7.94. The summed E-state index contributed by atoms with van der Waals surface area (Å²) in [5, 5.41) is 7.09. The lowest BCUT2D eigenvalue weighted by molar-refractivity contribution is 0.147. The molecule has 0 aromatic heterocycles. The van der Waals surface area contributed by atoms with E-state index in [-0.39, 0.29) is 12.5 Å². The summed E-state index contributed by atoms with van der Waals surface area (Å²) in [5.41, 5.74) is 5.25. The van der Waals surface area contributed by atoms with Crippen LogP contribution in [0.25, 0.3) is 0 Å². The fourth-order valence-corrected chi connectivity index (χ4v) is 1.12. The second-order valence-corrected chi connectivity index (χ2v) is 3.15. The highest BCUT2D eigenvalue weighted by atomic mass is 19.1. The third-order valence-corrected chi connectivity index (χ3v) is 1.92. The molecule has 0 bridgehead atoms. The maximum Gasteiger partial charge on any atom is 0.0918 e. The molecule has 0 saturated carbocycles. The molecule has 0 spiro atoms. The number of nitrogens with zero attached hydrogens (tertiary/aromatic N) is 1. The highest BCUT2D eigenvalue weighted by Crippen LogP contribution is 1.95. The van der Waals surface area contributed by atoms with Gasteiger partial charge in [0, 0.05) is 33.2 Å². The van der Waals surface area contributed by atoms with Crippen LogP contribution < -0.4 is 5.73 Å². The molecule has 14 heavy (non-hydrogen) atoms. The van der Waals surface area contributed by atoms with Crippen LogP contribution in [0.15, 0.2) is 0 Å². The van der Waals surface area contributed by atoms with Gasteiger partial charge in [0.1, 0.15) is 0 Å². The van der Waals surface area contributed by atoms with Crippen LogP contribution in [0, 0.1) is 5.41 Å². The van der Waals surface area contributed by atoms with Crippen molar-refractivity contribution in [1.82, 2.24) is 4.90 Å². The minimum absolute atomic E-state index is 0.174. The Bertz CT molecular complexity index is 147. The van der Waals surface area contributed by atoms with Crippen molar-refractivity contribution in [2.75, 3.05) is 40.0 Å². The quantitative estimate of drug-likeness (QED) is 0.428. The van der Waals surface area contributed by atoms with Gasteiger partial charge in [-0.25, -0.2) is 0 Å². The standard InChI is InChI=1S/C9H20FN3O/c1-14-8-7-13(5-2-4-10)6-3-9(11)12/h2-8H2,1H3,(H3,11,12). The Balaban J connectivity index is 3.65. The maximum absolute atomic E-state index is 11.9. The van der Waals surface area contributed by atoms with E-state index >= 15 is 0 Å². The van der Waals surface area contributed by atoms with Gasteiger partial charge in [0.05, 0.1) is 19.1 Å². The van der Waals surface area contributed by atoms with Gasteiger partial charge in [-0.2, -0.15) is 0 Å². The number of amidine groups is 1. The molecular weight excluding hydrogens is 185 g/mol. The van der Waals surface area contributed by atoms with Crippen LogP contribution in [-0.4, -0.2) is 50.8 Å². The van der Waals surface area contributed by atoms with Crippen molar-refractivity contribution < 1.29 is 9.13 Å². The molecular formula is C9H20FN3O. The highest BCUT2D eigenvalue weighted by Gasteiger charge is 2.04. The zero-order chi connectivity index (χ0) is 10.8. The van der Waals surface area contributed by atoms with Gasteiger partial charge >= 0.3 is 0 Å². The van der Waals surface area contributed by atoms with Gasteiger partial charge < -0.3 is 15.4 Å². The van der Waals surface area contributed by atoms with Gasteiger partial charge in [0.2, 0.25) is 0 Å². The molecule has 0 saturated heterocycles. The second kappa shape index (κ2) is 8.90. The Morgan fingerprint density at radius 3 is 2.64 bits per heavy atom. The summed E-state index contributed by atoms with van der Waals surface area (Å²) in [5.74, 6) is 0.174. The van der Waals surface area contributed by atoms with Crippen LogP contribution in [0.3, 0.4) is 0 Å². The Hall–Kier alpha value is -0.680. The molecule has 0 aromatic carbocycles. The fourth-order valence-electron chi connectivity index (χ4n) is 1.12. The zero-order valence-electron chi connectivity index (χ0n) is 8.76. The number of rotatable bonds is 9. The molecule has 84 valence electrons. The normalized spacial score (nSPS) is 10.8. The second-order valence-electron chi connectivity index (χ2n) is 3.15. The van der Waals surface area contributed by atoms with Crippen LogP contribution in [0.1, 0.15) is 12.8 Å². The van der Waals surface area contributed by atoms with Crippen molar-refractivity contribution in [3.8, 4) is 0 Å². The molecule has 0 aliphatic heterocycles. The predicted molar refractivity (Wildman–Crippen MR) is 55.4 cm³/mol. The number of alkyl halides is 1. The van der Waals surface area contributed by atoms with Gasteiger partial charge in [-0.05, 0) is 6.42 Å². The molecule has 0 amide bonds. The largest absolute Gasteiger partial charge is 0.388 e. The Morgan fingerprint density at radius 1 is 1.43 bits per heavy atom. The van der Waals surface area contributed by atoms with Crippen molar-refractivity contribution in [2.45, 2.75) is 12.8 Å². The van der Waals surface area contributed by atoms with Gasteiger partial charge in [0.25, 0.3) is 0 Å². The van der Waals surface area contributed by atoms with Crippen molar-refractivity contribution in [3.05, 3.63) is 0 Å². The van der Waals surface area contributed by atoms with Gasteiger partial charge in [-0.15, -0.1) is 0 Å². The number of hydrogen-bond acceptors (Lipinski definition) is 3. The molecule has 0 unspecified atom stereocenters. The summed E-state index contributed by atoms with van der Waals surface area (Å²) in [6.07, 6.45) is 1.07. The summed E-state index contributed by atoms with van der Waals surface area (Å²) in [4.78, 5) is 2.06. The molecule has 0 aliphatic rings. The summed E-state index contributed by atoms with van der Waals surface area (Å²) < 4.78 is 16.9. The molecule has 0 aromatic rings.